The molecule has 1 heterocycles. The molecule has 1 aromatic heterocycles. The molecule has 3 aromatic carbocycles. The number of hydrogen-bond donors (Lipinski definition) is 0. The van der Waals surface area contributed by atoms with Gasteiger partial charge in [0.25, 0.3) is 0 Å². The van der Waals surface area contributed by atoms with E-state index in [1.807, 2.05) is 41.8 Å². The fourth-order valence-corrected chi connectivity index (χ4v) is 5.82. The van der Waals surface area contributed by atoms with E-state index >= 15 is 0 Å². The number of aromatic nitrogens is 3. The van der Waals surface area contributed by atoms with Crippen molar-refractivity contribution in [2.45, 2.75) is 23.9 Å². The normalized spacial score (nSPS) is 11.7. The molecular formula is C26H23BrCl2N4O5S. The zero-order chi connectivity index (χ0) is 28.1. The van der Waals surface area contributed by atoms with Crippen LogP contribution >= 0.6 is 50.9 Å². The van der Waals surface area contributed by atoms with Crippen molar-refractivity contribution < 1.29 is 19.1 Å². The van der Waals surface area contributed by atoms with Crippen LogP contribution in [-0.4, -0.2) is 40.5 Å². The van der Waals surface area contributed by atoms with Gasteiger partial charge in [-0.25, -0.2) is 0 Å². The Morgan fingerprint density at radius 2 is 1.79 bits per heavy atom. The molecule has 0 bridgehead atoms. The van der Waals surface area contributed by atoms with Crippen LogP contribution in [0, 0.1) is 17.0 Å². The fourth-order valence-electron chi connectivity index (χ4n) is 3.77. The minimum absolute atomic E-state index is 0.211. The Hall–Kier alpha value is -2.99. The second kappa shape index (κ2) is 12.9. The summed E-state index contributed by atoms with van der Waals surface area (Å²) < 4.78 is 19.3. The van der Waals surface area contributed by atoms with Gasteiger partial charge in [-0.05, 0) is 82.5 Å². The highest BCUT2D eigenvalue weighted by Crippen LogP contribution is 2.43. The second-order valence-electron chi connectivity index (χ2n) is 8.26. The Kier molecular flexibility index (Phi) is 9.60. The van der Waals surface area contributed by atoms with E-state index < -0.39 is 5.25 Å². The van der Waals surface area contributed by atoms with E-state index in [-0.39, 0.29) is 18.1 Å². The number of aryl methyl sites for hydroxylation is 1. The first-order valence-corrected chi connectivity index (χ1v) is 13.9. The lowest BCUT2D eigenvalue weighted by Gasteiger charge is -2.18. The van der Waals surface area contributed by atoms with E-state index in [9.17, 15) is 10.1 Å². The highest BCUT2D eigenvalue weighted by molar-refractivity contribution is 9.10. The first-order valence-electron chi connectivity index (χ1n) is 11.5. The molecule has 204 valence electrons. The predicted molar refractivity (Wildman–Crippen MR) is 155 cm³/mol. The van der Waals surface area contributed by atoms with Gasteiger partial charge < -0.3 is 14.2 Å². The first kappa shape index (κ1) is 29.0. The number of methoxy groups -OCH3 is 2. The third-order valence-electron chi connectivity index (χ3n) is 5.68. The maximum absolute atomic E-state index is 11.7. The molecule has 39 heavy (non-hydrogen) atoms. The van der Waals surface area contributed by atoms with Gasteiger partial charge in [0.05, 0.1) is 28.7 Å². The van der Waals surface area contributed by atoms with Gasteiger partial charge >= 0.3 is 0 Å². The third kappa shape index (κ3) is 6.96. The lowest BCUT2D eigenvalue weighted by atomic mass is 10.1. The summed E-state index contributed by atoms with van der Waals surface area (Å²) in [5, 5.41) is 21.0. The van der Waals surface area contributed by atoms with E-state index in [0.29, 0.717) is 48.3 Å². The Bertz CT molecular complexity index is 1490. The zero-order valence-corrected chi connectivity index (χ0v) is 25.0. The van der Waals surface area contributed by atoms with Crippen molar-refractivity contribution in [2.75, 3.05) is 20.8 Å². The average Bonchev–Trinajstić information content (AvgIpc) is 3.28. The number of ether oxygens (including phenoxy) is 3. The summed E-state index contributed by atoms with van der Waals surface area (Å²) in [5.74, 6) is 2.23. The van der Waals surface area contributed by atoms with Gasteiger partial charge in [0.2, 0.25) is 6.54 Å². The Labute approximate surface area is 247 Å². The molecule has 0 unspecified atom stereocenters. The molecule has 0 aliphatic rings. The second-order valence-corrected chi connectivity index (χ2v) is 11.1. The summed E-state index contributed by atoms with van der Waals surface area (Å²) in [5.41, 5.74) is 2.28. The molecule has 4 aromatic rings. The summed E-state index contributed by atoms with van der Waals surface area (Å²) in [6, 6.07) is 16.2. The smallest absolute Gasteiger partial charge is 0.220 e. The zero-order valence-electron chi connectivity index (χ0n) is 21.1. The molecule has 0 radical (unpaired) electrons. The Balaban J connectivity index is 1.64. The van der Waals surface area contributed by atoms with Crippen LogP contribution in [0.2, 0.25) is 10.0 Å². The summed E-state index contributed by atoms with van der Waals surface area (Å²) in [4.78, 5) is 11.3. The van der Waals surface area contributed by atoms with Crippen molar-refractivity contribution in [3.05, 3.63) is 96.2 Å². The number of benzene rings is 3. The van der Waals surface area contributed by atoms with Crippen LogP contribution < -0.4 is 14.2 Å². The summed E-state index contributed by atoms with van der Waals surface area (Å²) >= 11 is 16.9. The molecule has 0 aliphatic carbocycles. The van der Waals surface area contributed by atoms with Gasteiger partial charge in [0, 0.05) is 10.6 Å². The van der Waals surface area contributed by atoms with Crippen molar-refractivity contribution in [3.63, 3.8) is 0 Å². The highest BCUT2D eigenvalue weighted by Gasteiger charge is 2.26. The van der Waals surface area contributed by atoms with Crippen LogP contribution in [-0.2, 0) is 6.61 Å². The summed E-state index contributed by atoms with van der Waals surface area (Å²) in [7, 11) is 3.11. The molecule has 0 saturated heterocycles. The van der Waals surface area contributed by atoms with Crippen molar-refractivity contribution >= 4 is 50.9 Å². The lowest BCUT2D eigenvalue weighted by molar-refractivity contribution is -0.479. The van der Waals surface area contributed by atoms with E-state index in [4.69, 9.17) is 37.4 Å². The quantitative estimate of drug-likeness (QED) is 0.0941. The SMILES string of the molecule is COc1ccc(-n2c(C)nnc2S[C@H](C[N+](=O)[O-])c2cc(Br)c(OCc3ccc(Cl)c(Cl)c3)c(OC)c2)cc1. The van der Waals surface area contributed by atoms with Crippen LogP contribution in [0.1, 0.15) is 22.2 Å². The van der Waals surface area contributed by atoms with Crippen LogP contribution in [0.15, 0.2) is 64.2 Å². The van der Waals surface area contributed by atoms with Crippen molar-refractivity contribution in [1.82, 2.24) is 14.8 Å². The fraction of sp³-hybridized carbons (Fsp3) is 0.231. The molecule has 1 atom stereocenters. The number of halogens is 3. The topological polar surface area (TPSA) is 102 Å². The van der Waals surface area contributed by atoms with Crippen LogP contribution in [0.3, 0.4) is 0 Å². The van der Waals surface area contributed by atoms with Crippen LogP contribution in [0.25, 0.3) is 5.69 Å². The van der Waals surface area contributed by atoms with Crippen LogP contribution in [0.5, 0.6) is 17.2 Å². The van der Waals surface area contributed by atoms with Crippen molar-refractivity contribution in [3.8, 4) is 22.9 Å². The first-order chi connectivity index (χ1) is 18.7. The van der Waals surface area contributed by atoms with Gasteiger partial charge in [-0.2, -0.15) is 0 Å². The number of hydrogen-bond acceptors (Lipinski definition) is 8. The van der Waals surface area contributed by atoms with Gasteiger partial charge in [-0.15, -0.1) is 10.2 Å². The molecular weight excluding hydrogens is 631 g/mol. The van der Waals surface area contributed by atoms with E-state index in [1.165, 1.54) is 18.9 Å². The molecule has 4 rings (SSSR count). The van der Waals surface area contributed by atoms with E-state index in [0.717, 1.165) is 11.3 Å². The van der Waals surface area contributed by atoms with Crippen molar-refractivity contribution in [1.29, 1.82) is 0 Å². The number of rotatable bonds is 11. The molecule has 0 spiro atoms. The highest BCUT2D eigenvalue weighted by atomic mass is 79.9. The van der Waals surface area contributed by atoms with Crippen molar-refractivity contribution in [2.24, 2.45) is 0 Å². The standard InChI is InChI=1S/C26H23BrCl2N4O5S/c1-15-30-31-26(33(15)18-5-7-19(36-2)8-6-18)39-24(13-32(34)35)17-11-20(27)25(23(12-17)37-3)38-14-16-4-9-21(28)22(29)10-16/h4-12,24H,13-14H2,1-3H3/t24-/m1/s1. The maximum Gasteiger partial charge on any atom is 0.220 e. The Morgan fingerprint density at radius 1 is 1.05 bits per heavy atom. The summed E-state index contributed by atoms with van der Waals surface area (Å²) in [6.07, 6.45) is 0. The van der Waals surface area contributed by atoms with Crippen LogP contribution in [0.4, 0.5) is 0 Å². The molecule has 9 nitrogen and oxygen atoms in total. The number of nitrogens with zero attached hydrogens (tertiary/aromatic N) is 4. The largest absolute Gasteiger partial charge is 0.497 e. The van der Waals surface area contributed by atoms with Gasteiger partial charge in [-0.3, -0.25) is 14.7 Å². The monoisotopic (exact) mass is 652 g/mol. The molecule has 0 fully saturated rings. The number of nitro groups is 1. The molecule has 0 aliphatic heterocycles. The van der Waals surface area contributed by atoms with Gasteiger partial charge in [0.1, 0.15) is 23.4 Å². The molecule has 0 saturated carbocycles. The number of thioether (sulfide) groups is 1. The Morgan fingerprint density at radius 3 is 2.44 bits per heavy atom. The van der Waals surface area contributed by atoms with E-state index in [2.05, 4.69) is 26.1 Å². The minimum atomic E-state index is -0.602. The molecule has 0 amide bonds. The minimum Gasteiger partial charge on any atom is -0.497 e. The lowest BCUT2D eigenvalue weighted by Crippen LogP contribution is -2.12. The maximum atomic E-state index is 11.7. The molecule has 0 N–H and O–H groups in total. The van der Waals surface area contributed by atoms with E-state index in [1.54, 1.807) is 31.4 Å². The molecule has 13 heteroatoms. The van der Waals surface area contributed by atoms with Gasteiger partial charge in [-0.1, -0.05) is 41.0 Å². The summed E-state index contributed by atoms with van der Waals surface area (Å²) in [6.45, 7) is 1.68. The predicted octanol–water partition coefficient (Wildman–Crippen LogP) is 7.35. The van der Waals surface area contributed by atoms with Gasteiger partial charge in [0.15, 0.2) is 16.7 Å². The average molecular weight is 654 g/mol. The third-order valence-corrected chi connectivity index (χ3v) is 8.19.